The molecule has 2 rings (SSSR count). The lowest BCUT2D eigenvalue weighted by Gasteiger charge is -2.27. The largest absolute Gasteiger partial charge is 0.393 e. The number of rotatable bonds is 4. The molecule has 0 amide bonds. The van der Waals surface area contributed by atoms with Crippen LogP contribution in [0.2, 0.25) is 0 Å². The fraction of sp³-hybridized carbons (Fsp3) is 0.714. The smallest absolute Gasteiger partial charge is 0.134 e. The van der Waals surface area contributed by atoms with Crippen molar-refractivity contribution in [1.82, 2.24) is 9.97 Å². The number of anilines is 1. The number of hydrogen-bond acceptors (Lipinski definition) is 4. The summed E-state index contributed by atoms with van der Waals surface area (Å²) in [6, 6.07) is 1.89. The molecule has 0 spiro atoms. The molecule has 0 radical (unpaired) electrons. The van der Waals surface area contributed by atoms with Crippen LogP contribution in [0, 0.1) is 5.92 Å². The van der Waals surface area contributed by atoms with Crippen molar-refractivity contribution in [2.45, 2.75) is 51.6 Å². The third-order valence-corrected chi connectivity index (χ3v) is 4.05. The average Bonchev–Trinajstić information content (AvgIpc) is 2.37. The van der Waals surface area contributed by atoms with E-state index < -0.39 is 0 Å². The van der Waals surface area contributed by atoms with Crippen molar-refractivity contribution in [3.8, 4) is 0 Å². The quantitative estimate of drug-likeness (QED) is 0.833. The summed E-state index contributed by atoms with van der Waals surface area (Å²) in [5.41, 5.74) is 0. The summed E-state index contributed by atoms with van der Waals surface area (Å²) in [6.07, 6.45) is 4.22. The average molecular weight is 328 g/mol. The predicted molar refractivity (Wildman–Crippen MR) is 80.3 cm³/mol. The van der Waals surface area contributed by atoms with Crippen LogP contribution in [-0.2, 0) is 0 Å². The van der Waals surface area contributed by atoms with E-state index in [4.69, 9.17) is 0 Å². The summed E-state index contributed by atoms with van der Waals surface area (Å²) in [4.78, 5) is 8.87. The van der Waals surface area contributed by atoms with Gasteiger partial charge in [0.25, 0.3) is 0 Å². The van der Waals surface area contributed by atoms with Crippen LogP contribution in [0.4, 0.5) is 5.82 Å². The minimum Gasteiger partial charge on any atom is -0.393 e. The molecule has 1 fully saturated rings. The summed E-state index contributed by atoms with van der Waals surface area (Å²) in [5.74, 6) is 2.31. The van der Waals surface area contributed by atoms with E-state index in [2.05, 4.69) is 45.1 Å². The van der Waals surface area contributed by atoms with Gasteiger partial charge in [0.05, 0.1) is 6.10 Å². The van der Waals surface area contributed by atoms with Gasteiger partial charge in [-0.05, 0) is 28.8 Å². The molecule has 4 nitrogen and oxygen atoms in total. The van der Waals surface area contributed by atoms with E-state index in [9.17, 15) is 5.11 Å². The highest BCUT2D eigenvalue weighted by atomic mass is 79.9. The Labute approximate surface area is 123 Å². The first-order chi connectivity index (χ1) is 9.06. The lowest BCUT2D eigenvalue weighted by Crippen LogP contribution is -2.30. The number of hydrogen-bond donors (Lipinski definition) is 2. The first kappa shape index (κ1) is 14.7. The van der Waals surface area contributed by atoms with Gasteiger partial charge in [-0.15, -0.1) is 0 Å². The summed E-state index contributed by atoms with van der Waals surface area (Å²) in [6.45, 7) is 4.94. The highest BCUT2D eigenvalue weighted by Gasteiger charge is 2.22. The fourth-order valence-electron chi connectivity index (χ4n) is 2.45. The molecule has 0 bridgehead atoms. The molecule has 0 aromatic carbocycles. The fourth-order valence-corrected chi connectivity index (χ4v) is 2.84. The molecule has 1 aromatic rings. The van der Waals surface area contributed by atoms with Gasteiger partial charge in [-0.1, -0.05) is 26.7 Å². The topological polar surface area (TPSA) is 58.0 Å². The molecular formula is C14H22BrN3O. The van der Waals surface area contributed by atoms with Gasteiger partial charge >= 0.3 is 0 Å². The van der Waals surface area contributed by atoms with Crippen LogP contribution in [0.25, 0.3) is 0 Å². The number of halogens is 1. The third-order valence-electron chi connectivity index (χ3n) is 3.64. The van der Waals surface area contributed by atoms with E-state index in [1.165, 1.54) is 6.42 Å². The Balaban J connectivity index is 1.98. The molecule has 5 heteroatoms. The van der Waals surface area contributed by atoms with E-state index in [0.717, 1.165) is 42.1 Å². The normalized spacial score (nSPS) is 23.6. The van der Waals surface area contributed by atoms with E-state index in [0.29, 0.717) is 11.8 Å². The predicted octanol–water partition coefficient (Wildman–Crippen LogP) is 3.33. The Morgan fingerprint density at radius 3 is 2.79 bits per heavy atom. The molecule has 1 aliphatic carbocycles. The second-order valence-electron chi connectivity index (χ2n) is 5.58. The van der Waals surface area contributed by atoms with Gasteiger partial charge in [-0.2, -0.15) is 0 Å². The van der Waals surface area contributed by atoms with Crippen molar-refractivity contribution in [3.05, 3.63) is 16.5 Å². The van der Waals surface area contributed by atoms with Crippen LogP contribution in [0.3, 0.4) is 0 Å². The summed E-state index contributed by atoms with van der Waals surface area (Å²) in [7, 11) is 0. The van der Waals surface area contributed by atoms with Crippen molar-refractivity contribution in [2.75, 3.05) is 11.9 Å². The molecule has 1 saturated carbocycles. The van der Waals surface area contributed by atoms with Crippen LogP contribution in [0.1, 0.15) is 51.3 Å². The van der Waals surface area contributed by atoms with E-state index >= 15 is 0 Å². The molecule has 0 aliphatic heterocycles. The summed E-state index contributed by atoms with van der Waals surface area (Å²) in [5, 5.41) is 13.3. The van der Waals surface area contributed by atoms with Crippen molar-refractivity contribution in [1.29, 1.82) is 0 Å². The Hall–Kier alpha value is -0.680. The van der Waals surface area contributed by atoms with Gasteiger partial charge < -0.3 is 10.4 Å². The number of nitrogens with zero attached hydrogens (tertiary/aromatic N) is 2. The first-order valence-corrected chi connectivity index (χ1v) is 7.82. The zero-order chi connectivity index (χ0) is 13.8. The van der Waals surface area contributed by atoms with Crippen LogP contribution in [-0.4, -0.2) is 27.7 Å². The van der Waals surface area contributed by atoms with Gasteiger partial charge in [0, 0.05) is 24.4 Å². The van der Waals surface area contributed by atoms with Gasteiger partial charge in [0.2, 0.25) is 0 Å². The number of aromatic nitrogens is 2. The van der Waals surface area contributed by atoms with Gasteiger partial charge in [0.15, 0.2) is 0 Å². The number of aliphatic hydroxyl groups is 1. The molecular weight excluding hydrogens is 306 g/mol. The molecule has 1 aliphatic rings. The van der Waals surface area contributed by atoms with Crippen LogP contribution in [0.15, 0.2) is 10.7 Å². The number of aliphatic hydroxyl groups excluding tert-OH is 1. The lowest BCUT2D eigenvalue weighted by molar-refractivity contribution is 0.0763. The van der Waals surface area contributed by atoms with Gasteiger partial charge in [-0.25, -0.2) is 9.97 Å². The van der Waals surface area contributed by atoms with E-state index in [-0.39, 0.29) is 6.10 Å². The Bertz CT molecular complexity index is 425. The third kappa shape index (κ3) is 4.14. The molecule has 2 unspecified atom stereocenters. The standard InChI is InChI=1S/C14H22BrN3O/c1-9(2)14-17-12(15)7-13(18-14)16-8-10-5-3-4-6-11(10)19/h7,9-11,19H,3-6,8H2,1-2H3,(H,16,17,18). The maximum absolute atomic E-state index is 9.96. The zero-order valence-corrected chi connectivity index (χ0v) is 13.2. The lowest BCUT2D eigenvalue weighted by atomic mass is 9.86. The molecule has 2 N–H and O–H groups in total. The maximum atomic E-state index is 9.96. The minimum atomic E-state index is -0.170. The Kier molecular flexibility index (Phi) is 5.16. The minimum absolute atomic E-state index is 0.170. The van der Waals surface area contributed by atoms with Gasteiger partial charge in [0.1, 0.15) is 16.2 Å². The molecule has 106 valence electrons. The van der Waals surface area contributed by atoms with Crippen molar-refractivity contribution in [3.63, 3.8) is 0 Å². The molecule has 19 heavy (non-hydrogen) atoms. The monoisotopic (exact) mass is 327 g/mol. The van der Waals surface area contributed by atoms with Crippen LogP contribution in [0.5, 0.6) is 0 Å². The summed E-state index contributed by atoms with van der Waals surface area (Å²) >= 11 is 3.42. The second-order valence-corrected chi connectivity index (χ2v) is 6.39. The van der Waals surface area contributed by atoms with Crippen LogP contribution >= 0.6 is 15.9 Å². The van der Waals surface area contributed by atoms with Crippen molar-refractivity contribution < 1.29 is 5.11 Å². The van der Waals surface area contributed by atoms with Crippen LogP contribution < -0.4 is 5.32 Å². The number of nitrogens with one attached hydrogen (secondary N) is 1. The zero-order valence-electron chi connectivity index (χ0n) is 11.6. The van der Waals surface area contributed by atoms with E-state index in [1.54, 1.807) is 0 Å². The Morgan fingerprint density at radius 1 is 1.37 bits per heavy atom. The summed E-state index contributed by atoms with van der Waals surface area (Å²) < 4.78 is 0.804. The van der Waals surface area contributed by atoms with Gasteiger partial charge in [-0.3, -0.25) is 0 Å². The SMILES string of the molecule is CC(C)c1nc(Br)cc(NCC2CCCCC2O)n1. The highest BCUT2D eigenvalue weighted by molar-refractivity contribution is 9.10. The maximum Gasteiger partial charge on any atom is 0.134 e. The second kappa shape index (κ2) is 6.66. The van der Waals surface area contributed by atoms with Crippen molar-refractivity contribution in [2.24, 2.45) is 5.92 Å². The molecule has 0 saturated heterocycles. The first-order valence-electron chi connectivity index (χ1n) is 7.02. The van der Waals surface area contributed by atoms with Crippen molar-refractivity contribution >= 4 is 21.7 Å². The Morgan fingerprint density at radius 2 is 2.11 bits per heavy atom. The highest BCUT2D eigenvalue weighted by Crippen LogP contribution is 2.25. The molecule has 1 heterocycles. The van der Waals surface area contributed by atoms with E-state index in [1.807, 2.05) is 6.07 Å². The molecule has 2 atom stereocenters. The molecule has 1 aromatic heterocycles.